The summed E-state index contributed by atoms with van der Waals surface area (Å²) in [5, 5.41) is 0.554. The van der Waals surface area contributed by atoms with Gasteiger partial charge in [-0.15, -0.1) is 0 Å². The normalized spacial score (nSPS) is 21.8. The van der Waals surface area contributed by atoms with Gasteiger partial charge in [0.2, 0.25) is 6.23 Å². The Morgan fingerprint density at radius 3 is 2.77 bits per heavy atom. The van der Waals surface area contributed by atoms with E-state index in [-0.39, 0.29) is 11.9 Å². The number of amides is 1. The number of ether oxygens (including phenoxy) is 2. The minimum Gasteiger partial charge on any atom is -0.497 e. The fraction of sp³-hybridized carbons (Fsp3) is 0.235. The quantitative estimate of drug-likeness (QED) is 0.799. The van der Waals surface area contributed by atoms with Gasteiger partial charge in [-0.1, -0.05) is 17.7 Å². The van der Waals surface area contributed by atoms with Crippen molar-refractivity contribution >= 4 is 17.5 Å². The number of hydrogen-bond acceptors (Lipinski definition) is 3. The second kappa shape index (κ2) is 4.65. The molecule has 5 heteroatoms. The van der Waals surface area contributed by atoms with Crippen LogP contribution in [0, 0.1) is 0 Å². The summed E-state index contributed by atoms with van der Waals surface area (Å²) in [4.78, 5) is 14.5. The number of nitrogens with zero attached hydrogens (tertiary/aromatic N) is 1. The molecule has 2 aliphatic rings. The lowest BCUT2D eigenvalue weighted by Crippen LogP contribution is -2.37. The van der Waals surface area contributed by atoms with Crippen molar-refractivity contribution in [3.8, 4) is 11.5 Å². The van der Waals surface area contributed by atoms with Crippen LogP contribution in [0.2, 0.25) is 5.02 Å². The molecular formula is C17H14ClNO3. The van der Waals surface area contributed by atoms with E-state index in [0.29, 0.717) is 10.6 Å². The molecule has 0 aliphatic carbocycles. The average molecular weight is 316 g/mol. The zero-order chi connectivity index (χ0) is 15.4. The van der Waals surface area contributed by atoms with E-state index in [1.54, 1.807) is 24.1 Å². The van der Waals surface area contributed by atoms with E-state index >= 15 is 0 Å². The van der Waals surface area contributed by atoms with Crippen LogP contribution in [0.3, 0.4) is 0 Å². The molecule has 2 aromatic carbocycles. The van der Waals surface area contributed by atoms with Gasteiger partial charge >= 0.3 is 0 Å². The summed E-state index contributed by atoms with van der Waals surface area (Å²) < 4.78 is 11.3. The van der Waals surface area contributed by atoms with E-state index in [1.165, 1.54) is 0 Å². The number of halogens is 1. The lowest BCUT2D eigenvalue weighted by atomic mass is 10.0. The highest BCUT2D eigenvalue weighted by molar-refractivity contribution is 6.31. The zero-order valence-corrected chi connectivity index (χ0v) is 12.9. The molecule has 2 heterocycles. The van der Waals surface area contributed by atoms with Crippen molar-refractivity contribution in [1.29, 1.82) is 0 Å². The molecular weight excluding hydrogens is 302 g/mol. The molecule has 0 N–H and O–H groups in total. The monoisotopic (exact) mass is 315 g/mol. The fourth-order valence-corrected chi connectivity index (χ4v) is 3.35. The second-order valence-corrected chi connectivity index (χ2v) is 5.93. The number of benzene rings is 2. The van der Waals surface area contributed by atoms with E-state index < -0.39 is 6.23 Å². The van der Waals surface area contributed by atoms with Crippen LogP contribution in [0.1, 0.15) is 40.7 Å². The van der Waals surface area contributed by atoms with E-state index in [4.69, 9.17) is 21.1 Å². The van der Waals surface area contributed by atoms with Crippen molar-refractivity contribution in [3.63, 3.8) is 0 Å². The Morgan fingerprint density at radius 1 is 1.18 bits per heavy atom. The fourth-order valence-electron chi connectivity index (χ4n) is 3.18. The lowest BCUT2D eigenvalue weighted by Gasteiger charge is -2.37. The van der Waals surface area contributed by atoms with Gasteiger partial charge in [0.25, 0.3) is 5.91 Å². The summed E-state index contributed by atoms with van der Waals surface area (Å²) in [6.07, 6.45) is -0.393. The first-order chi connectivity index (χ1) is 10.6. The number of fused-ring (bicyclic) bond motifs is 4. The molecule has 0 aromatic heterocycles. The van der Waals surface area contributed by atoms with Crippen molar-refractivity contribution in [1.82, 2.24) is 4.90 Å². The standard InChI is InChI=1S/C17H14ClNO3/c1-9-13-8-11(21-2)4-6-15(13)22-17-12-5-3-10(18)7-14(12)16(20)19(9)17/h3-9,17H,1-2H3/t9-,17+/m0/s1. The Morgan fingerprint density at radius 2 is 2.00 bits per heavy atom. The van der Waals surface area contributed by atoms with Crippen LogP contribution in [0.25, 0.3) is 0 Å². The van der Waals surface area contributed by atoms with Crippen LogP contribution in [-0.2, 0) is 0 Å². The SMILES string of the molecule is COc1ccc2c(c1)[C@H](C)N1C(=O)c3cc(Cl)ccc3[C@H]1O2. The molecule has 2 atom stereocenters. The predicted octanol–water partition coefficient (Wildman–Crippen LogP) is 3.96. The van der Waals surface area contributed by atoms with Crippen LogP contribution < -0.4 is 9.47 Å². The van der Waals surface area contributed by atoms with E-state index in [9.17, 15) is 4.79 Å². The summed E-state index contributed by atoms with van der Waals surface area (Å²) in [6, 6.07) is 10.9. The van der Waals surface area contributed by atoms with Crippen molar-refractivity contribution in [2.75, 3.05) is 7.11 Å². The molecule has 4 rings (SSSR count). The third-order valence-electron chi connectivity index (χ3n) is 4.32. The van der Waals surface area contributed by atoms with Gasteiger partial charge in [0.1, 0.15) is 11.5 Å². The van der Waals surface area contributed by atoms with Gasteiger partial charge < -0.3 is 9.47 Å². The topological polar surface area (TPSA) is 38.8 Å². The number of carbonyl (C=O) groups is 1. The van der Waals surface area contributed by atoms with Crippen molar-refractivity contribution in [3.05, 3.63) is 58.1 Å². The van der Waals surface area contributed by atoms with Gasteiger partial charge in [0.15, 0.2) is 0 Å². The van der Waals surface area contributed by atoms with Crippen molar-refractivity contribution < 1.29 is 14.3 Å². The van der Waals surface area contributed by atoms with Gasteiger partial charge in [-0.2, -0.15) is 0 Å². The first-order valence-electron chi connectivity index (χ1n) is 7.07. The summed E-state index contributed by atoms with van der Waals surface area (Å²) in [6.45, 7) is 2.00. The highest BCUT2D eigenvalue weighted by Crippen LogP contribution is 2.48. The minimum atomic E-state index is -0.393. The second-order valence-electron chi connectivity index (χ2n) is 5.49. The van der Waals surface area contributed by atoms with Crippen molar-refractivity contribution in [2.45, 2.75) is 19.2 Å². The molecule has 2 aliphatic heterocycles. The Balaban J connectivity index is 1.84. The van der Waals surface area contributed by atoms with E-state index in [0.717, 1.165) is 22.6 Å². The number of rotatable bonds is 1. The molecule has 4 nitrogen and oxygen atoms in total. The third-order valence-corrected chi connectivity index (χ3v) is 4.56. The Bertz CT molecular complexity index is 789. The molecule has 22 heavy (non-hydrogen) atoms. The van der Waals surface area contributed by atoms with Gasteiger partial charge in [-0.05, 0) is 37.3 Å². The third kappa shape index (κ3) is 1.74. The van der Waals surface area contributed by atoms with Crippen LogP contribution in [0.5, 0.6) is 11.5 Å². The maximum Gasteiger partial charge on any atom is 0.258 e. The first kappa shape index (κ1) is 13.5. The van der Waals surface area contributed by atoms with E-state index in [2.05, 4.69) is 0 Å². The smallest absolute Gasteiger partial charge is 0.258 e. The van der Waals surface area contributed by atoms with Gasteiger partial charge in [-0.25, -0.2) is 0 Å². The first-order valence-corrected chi connectivity index (χ1v) is 7.44. The molecule has 0 fully saturated rings. The molecule has 0 radical (unpaired) electrons. The summed E-state index contributed by atoms with van der Waals surface area (Å²) in [7, 11) is 1.62. The van der Waals surface area contributed by atoms with E-state index in [1.807, 2.05) is 31.2 Å². The Labute approximate surface area is 133 Å². The van der Waals surface area contributed by atoms with Crippen LogP contribution in [-0.4, -0.2) is 17.9 Å². The van der Waals surface area contributed by atoms with Crippen LogP contribution in [0.15, 0.2) is 36.4 Å². The Kier molecular flexibility index (Phi) is 2.84. The molecule has 0 spiro atoms. The zero-order valence-electron chi connectivity index (χ0n) is 12.2. The number of methoxy groups -OCH3 is 1. The average Bonchev–Trinajstić information content (AvgIpc) is 2.80. The summed E-state index contributed by atoms with van der Waals surface area (Å²) in [5.41, 5.74) is 2.43. The number of carbonyl (C=O) groups excluding carboxylic acids is 1. The number of hydrogen-bond donors (Lipinski definition) is 0. The molecule has 0 unspecified atom stereocenters. The van der Waals surface area contributed by atoms with Gasteiger partial charge in [-0.3, -0.25) is 9.69 Å². The molecule has 1 amide bonds. The Hall–Kier alpha value is -2.20. The summed E-state index contributed by atoms with van der Waals surface area (Å²) in [5.74, 6) is 1.48. The molecule has 0 saturated carbocycles. The van der Waals surface area contributed by atoms with Gasteiger partial charge in [0.05, 0.1) is 18.7 Å². The van der Waals surface area contributed by atoms with Crippen LogP contribution >= 0.6 is 11.6 Å². The maximum atomic E-state index is 12.7. The largest absolute Gasteiger partial charge is 0.497 e. The predicted molar refractivity (Wildman–Crippen MR) is 82.4 cm³/mol. The lowest BCUT2D eigenvalue weighted by molar-refractivity contribution is -0.00192. The van der Waals surface area contributed by atoms with Crippen molar-refractivity contribution in [2.24, 2.45) is 0 Å². The molecule has 0 bridgehead atoms. The minimum absolute atomic E-state index is 0.0523. The molecule has 0 saturated heterocycles. The maximum absolute atomic E-state index is 12.7. The highest BCUT2D eigenvalue weighted by atomic mass is 35.5. The molecule has 2 aromatic rings. The molecule has 112 valence electrons. The van der Waals surface area contributed by atoms with Crippen LogP contribution in [0.4, 0.5) is 0 Å². The highest BCUT2D eigenvalue weighted by Gasteiger charge is 2.45. The van der Waals surface area contributed by atoms with Gasteiger partial charge in [0, 0.05) is 16.1 Å². The summed E-state index contributed by atoms with van der Waals surface area (Å²) >= 11 is 6.02.